The minimum atomic E-state index is -0.810. The normalized spacial score (nSPS) is 26.8. The van der Waals surface area contributed by atoms with Gasteiger partial charge in [0.15, 0.2) is 23.0 Å². The number of ether oxygens (including phenoxy) is 6. The van der Waals surface area contributed by atoms with Gasteiger partial charge in [0.2, 0.25) is 24.4 Å². The Hall–Kier alpha value is -3.92. The van der Waals surface area contributed by atoms with Crippen LogP contribution in [-0.4, -0.2) is 63.1 Å². The zero-order chi connectivity index (χ0) is 25.0. The van der Waals surface area contributed by atoms with E-state index in [4.69, 9.17) is 28.4 Å². The molecule has 0 aliphatic carbocycles. The lowest BCUT2D eigenvalue weighted by Gasteiger charge is -2.24. The molecule has 2 aromatic rings. The Morgan fingerprint density at radius 2 is 1.83 bits per heavy atom. The maximum Gasteiger partial charge on any atom is 0.231 e. The molecule has 2 saturated heterocycles. The van der Waals surface area contributed by atoms with Crippen molar-refractivity contribution in [1.82, 2.24) is 4.90 Å². The third kappa shape index (κ3) is 3.35. The van der Waals surface area contributed by atoms with Crippen LogP contribution in [0.5, 0.6) is 28.7 Å². The first kappa shape index (κ1) is 22.5. The number of carbonyl (C=O) groups is 2. The summed E-state index contributed by atoms with van der Waals surface area (Å²) >= 11 is 0. The van der Waals surface area contributed by atoms with Crippen molar-refractivity contribution in [1.29, 1.82) is 0 Å². The Morgan fingerprint density at radius 1 is 1.08 bits per heavy atom. The summed E-state index contributed by atoms with van der Waals surface area (Å²) in [5.41, 5.74) is 0.578. The lowest BCUT2D eigenvalue weighted by atomic mass is 9.77. The van der Waals surface area contributed by atoms with Crippen molar-refractivity contribution in [3.8, 4) is 28.7 Å². The Morgan fingerprint density at radius 3 is 2.56 bits per heavy atom. The fraction of sp³-hybridized carbons (Fsp3) is 0.385. The number of amides is 2. The molecule has 0 unspecified atom stereocenters. The van der Waals surface area contributed by atoms with Crippen LogP contribution in [0.3, 0.4) is 0 Å². The number of fused-ring (bicyclic) bond motifs is 2. The molecule has 4 atom stereocenters. The van der Waals surface area contributed by atoms with Gasteiger partial charge in [-0.1, -0.05) is 18.2 Å². The summed E-state index contributed by atoms with van der Waals surface area (Å²) < 4.78 is 33.2. The summed E-state index contributed by atoms with van der Waals surface area (Å²) in [6.07, 6.45) is 3.35. The van der Waals surface area contributed by atoms with Gasteiger partial charge in [0.05, 0.1) is 45.8 Å². The second-order valence-corrected chi connectivity index (χ2v) is 9.19. The van der Waals surface area contributed by atoms with Crippen LogP contribution < -0.4 is 29.0 Å². The topological polar surface area (TPSA) is 105 Å². The molecule has 4 aliphatic rings. The van der Waals surface area contributed by atoms with Crippen LogP contribution in [0.25, 0.3) is 0 Å². The number of carbonyl (C=O) groups excluding carboxylic acids is 2. The van der Waals surface area contributed by atoms with Gasteiger partial charge in [0.1, 0.15) is 5.60 Å². The average Bonchev–Trinajstić information content (AvgIpc) is 3.64. The number of hydrogen-bond acceptors (Lipinski definition) is 8. The molecule has 10 nitrogen and oxygen atoms in total. The first-order valence-corrected chi connectivity index (χ1v) is 11.6. The van der Waals surface area contributed by atoms with Crippen molar-refractivity contribution in [2.24, 2.45) is 11.8 Å². The van der Waals surface area contributed by atoms with Gasteiger partial charge in [-0.3, -0.25) is 9.59 Å². The minimum absolute atomic E-state index is 0.107. The monoisotopic (exact) mass is 494 g/mol. The van der Waals surface area contributed by atoms with Gasteiger partial charge < -0.3 is 38.6 Å². The molecule has 4 heterocycles. The first-order chi connectivity index (χ1) is 17.5. The molecule has 0 saturated carbocycles. The van der Waals surface area contributed by atoms with Crippen molar-refractivity contribution in [3.05, 3.63) is 48.0 Å². The van der Waals surface area contributed by atoms with Crippen molar-refractivity contribution in [2.45, 2.75) is 18.2 Å². The molecular weight excluding hydrogens is 468 g/mol. The van der Waals surface area contributed by atoms with Gasteiger partial charge >= 0.3 is 0 Å². The Labute approximate surface area is 207 Å². The lowest BCUT2D eigenvalue weighted by molar-refractivity contribution is -0.136. The van der Waals surface area contributed by atoms with Gasteiger partial charge in [-0.15, -0.1) is 0 Å². The van der Waals surface area contributed by atoms with E-state index in [0.717, 1.165) is 5.56 Å². The van der Waals surface area contributed by atoms with E-state index in [2.05, 4.69) is 5.32 Å². The molecule has 6 rings (SSSR count). The van der Waals surface area contributed by atoms with Gasteiger partial charge in [-0.25, -0.2) is 0 Å². The van der Waals surface area contributed by atoms with Crippen LogP contribution in [0.15, 0.2) is 42.5 Å². The summed E-state index contributed by atoms with van der Waals surface area (Å²) in [5.74, 6) is 0.931. The average molecular weight is 495 g/mol. The van der Waals surface area contributed by atoms with Crippen LogP contribution in [0.2, 0.25) is 0 Å². The maximum absolute atomic E-state index is 13.6. The van der Waals surface area contributed by atoms with E-state index in [1.807, 2.05) is 30.4 Å². The SMILES string of the molecule is COc1cc(NC(=O)[C@@H]2[C@H]3C(=O)N(Cc4ccc5c(c4)OCO5)C[C@@]34C=C[C@H]2O4)cc(OC)c1OC. The highest BCUT2D eigenvalue weighted by molar-refractivity contribution is 5.99. The number of nitrogens with one attached hydrogen (secondary N) is 1. The molecule has 188 valence electrons. The van der Waals surface area contributed by atoms with Crippen molar-refractivity contribution >= 4 is 17.5 Å². The van der Waals surface area contributed by atoms with Crippen LogP contribution in [0, 0.1) is 11.8 Å². The standard InChI is InChI=1S/C26H26N2O8/c1-31-19-9-15(10-20(32-2)23(19)33-3)27-24(29)21-17-6-7-26(36-17)12-28(25(30)22(21)26)11-14-4-5-16-18(8-14)35-13-34-16/h4-10,17,21-22H,11-13H2,1-3H3,(H,27,29)/t17-,21+,22+,26+/m1/s1. The largest absolute Gasteiger partial charge is 0.493 e. The molecule has 10 heteroatoms. The van der Waals surface area contributed by atoms with Gasteiger partial charge in [-0.05, 0) is 17.7 Å². The van der Waals surface area contributed by atoms with Crippen molar-refractivity contribution in [3.63, 3.8) is 0 Å². The summed E-state index contributed by atoms with van der Waals surface area (Å²) in [6.45, 7) is 0.956. The third-order valence-electron chi connectivity index (χ3n) is 7.22. The molecule has 36 heavy (non-hydrogen) atoms. The summed E-state index contributed by atoms with van der Waals surface area (Å²) in [4.78, 5) is 28.8. The number of rotatable bonds is 7. The van der Waals surface area contributed by atoms with E-state index >= 15 is 0 Å². The van der Waals surface area contributed by atoms with E-state index in [0.29, 0.717) is 47.5 Å². The summed E-state index contributed by atoms with van der Waals surface area (Å²) in [5, 5.41) is 2.92. The fourth-order valence-corrected chi connectivity index (χ4v) is 5.65. The summed E-state index contributed by atoms with van der Waals surface area (Å²) in [6, 6.07) is 8.94. The summed E-state index contributed by atoms with van der Waals surface area (Å²) in [7, 11) is 4.53. The first-order valence-electron chi connectivity index (χ1n) is 11.6. The molecule has 1 N–H and O–H groups in total. The maximum atomic E-state index is 13.6. The quantitative estimate of drug-likeness (QED) is 0.585. The number of nitrogens with zero attached hydrogens (tertiary/aromatic N) is 1. The molecular formula is C26H26N2O8. The van der Waals surface area contributed by atoms with E-state index in [1.165, 1.54) is 21.3 Å². The van der Waals surface area contributed by atoms with Gasteiger partial charge in [0, 0.05) is 24.4 Å². The second kappa shape index (κ2) is 8.34. The zero-order valence-corrected chi connectivity index (χ0v) is 20.1. The predicted octanol–water partition coefficient (Wildman–Crippen LogP) is 2.36. The fourth-order valence-electron chi connectivity index (χ4n) is 5.65. The molecule has 1 spiro atoms. The van der Waals surface area contributed by atoms with Crippen molar-refractivity contribution in [2.75, 3.05) is 40.0 Å². The number of methoxy groups -OCH3 is 3. The number of likely N-dealkylation sites (tertiary alicyclic amines) is 1. The number of anilines is 1. The van der Waals surface area contributed by atoms with Crippen LogP contribution in [0.1, 0.15) is 5.56 Å². The van der Waals surface area contributed by atoms with Gasteiger partial charge in [0.25, 0.3) is 0 Å². The molecule has 4 aliphatic heterocycles. The highest BCUT2D eigenvalue weighted by Gasteiger charge is 2.66. The lowest BCUT2D eigenvalue weighted by Crippen LogP contribution is -2.41. The Balaban J connectivity index is 1.23. The molecule has 0 aromatic heterocycles. The zero-order valence-electron chi connectivity index (χ0n) is 20.1. The molecule has 0 radical (unpaired) electrons. The Bertz CT molecular complexity index is 1250. The van der Waals surface area contributed by atoms with Crippen LogP contribution in [0.4, 0.5) is 5.69 Å². The number of hydrogen-bond donors (Lipinski definition) is 1. The van der Waals surface area contributed by atoms with E-state index in [-0.39, 0.29) is 18.6 Å². The van der Waals surface area contributed by atoms with Gasteiger partial charge in [-0.2, -0.15) is 0 Å². The third-order valence-corrected chi connectivity index (χ3v) is 7.22. The van der Waals surface area contributed by atoms with E-state index in [1.54, 1.807) is 17.0 Å². The minimum Gasteiger partial charge on any atom is -0.493 e. The highest BCUT2D eigenvalue weighted by Crippen LogP contribution is 2.52. The predicted molar refractivity (Wildman–Crippen MR) is 126 cm³/mol. The van der Waals surface area contributed by atoms with Crippen LogP contribution >= 0.6 is 0 Å². The van der Waals surface area contributed by atoms with Crippen molar-refractivity contribution < 1.29 is 38.0 Å². The molecule has 2 fully saturated rings. The second-order valence-electron chi connectivity index (χ2n) is 9.19. The van der Waals surface area contributed by atoms with Crippen LogP contribution in [-0.2, 0) is 20.9 Å². The van der Waals surface area contributed by atoms with E-state index in [9.17, 15) is 9.59 Å². The number of benzene rings is 2. The Kier molecular flexibility index (Phi) is 5.22. The highest BCUT2D eigenvalue weighted by atomic mass is 16.7. The smallest absolute Gasteiger partial charge is 0.231 e. The molecule has 2 aromatic carbocycles. The molecule has 2 bridgehead atoms. The van der Waals surface area contributed by atoms with E-state index < -0.39 is 23.5 Å². The molecule has 2 amide bonds.